The summed E-state index contributed by atoms with van der Waals surface area (Å²) in [6.45, 7) is 2.32. The first kappa shape index (κ1) is 10.0. The first-order valence-electron chi connectivity index (χ1n) is 5.42. The van der Waals surface area contributed by atoms with Gasteiger partial charge in [0.05, 0.1) is 6.21 Å². The van der Waals surface area contributed by atoms with Crippen LogP contribution in [0.4, 0.5) is 5.69 Å². The first-order chi connectivity index (χ1) is 7.40. The summed E-state index contributed by atoms with van der Waals surface area (Å²) in [6, 6.07) is 8.12. The molecule has 0 unspecified atom stereocenters. The molecule has 15 heavy (non-hydrogen) atoms. The molecule has 0 spiro atoms. The van der Waals surface area contributed by atoms with Crippen molar-refractivity contribution in [2.75, 3.05) is 18.0 Å². The number of hydrogen-bond acceptors (Lipinski definition) is 3. The van der Waals surface area contributed by atoms with Crippen LogP contribution in [0.15, 0.2) is 29.4 Å². The lowest BCUT2D eigenvalue weighted by Gasteiger charge is -2.28. The highest BCUT2D eigenvalue weighted by molar-refractivity contribution is 5.79. The van der Waals surface area contributed by atoms with E-state index in [0.717, 1.165) is 18.7 Å². The fraction of sp³-hybridized carbons (Fsp3) is 0.417. The zero-order valence-corrected chi connectivity index (χ0v) is 8.76. The molecule has 1 N–H and O–H groups in total. The molecule has 1 aromatic carbocycles. The normalized spacial score (nSPS) is 17.2. The third-order valence-corrected chi connectivity index (χ3v) is 2.82. The van der Waals surface area contributed by atoms with Crippen LogP contribution in [0.1, 0.15) is 24.8 Å². The maximum absolute atomic E-state index is 8.40. The van der Waals surface area contributed by atoms with Crippen molar-refractivity contribution >= 4 is 11.9 Å². The highest BCUT2D eigenvalue weighted by atomic mass is 16.4. The van der Waals surface area contributed by atoms with Crippen LogP contribution < -0.4 is 4.90 Å². The topological polar surface area (TPSA) is 35.8 Å². The molecule has 0 bridgehead atoms. The van der Waals surface area contributed by atoms with Crippen molar-refractivity contribution in [1.82, 2.24) is 0 Å². The van der Waals surface area contributed by atoms with Gasteiger partial charge in [0.25, 0.3) is 0 Å². The van der Waals surface area contributed by atoms with Gasteiger partial charge in [-0.05, 0) is 37.0 Å². The summed E-state index contributed by atoms with van der Waals surface area (Å²) in [4.78, 5) is 2.41. The van der Waals surface area contributed by atoms with Crippen molar-refractivity contribution in [3.63, 3.8) is 0 Å². The molecule has 0 aliphatic carbocycles. The van der Waals surface area contributed by atoms with Crippen LogP contribution in [0.25, 0.3) is 0 Å². The van der Waals surface area contributed by atoms with Gasteiger partial charge in [0.15, 0.2) is 0 Å². The molecule has 1 heterocycles. The summed E-state index contributed by atoms with van der Waals surface area (Å²) < 4.78 is 0. The largest absolute Gasteiger partial charge is 0.411 e. The smallest absolute Gasteiger partial charge is 0.0733 e. The van der Waals surface area contributed by atoms with E-state index in [1.54, 1.807) is 0 Å². The molecule has 2 rings (SSSR count). The summed E-state index contributed by atoms with van der Waals surface area (Å²) in [5.74, 6) is 0. The molecular weight excluding hydrogens is 188 g/mol. The minimum Gasteiger partial charge on any atom is -0.411 e. The summed E-state index contributed by atoms with van der Waals surface area (Å²) in [7, 11) is 0. The lowest BCUT2D eigenvalue weighted by molar-refractivity contribution is 0.322. The van der Waals surface area contributed by atoms with Gasteiger partial charge in [-0.25, -0.2) is 0 Å². The van der Waals surface area contributed by atoms with Gasteiger partial charge in [-0.1, -0.05) is 17.3 Å². The van der Waals surface area contributed by atoms with Crippen LogP contribution in [0.3, 0.4) is 0 Å². The van der Waals surface area contributed by atoms with Crippen molar-refractivity contribution < 1.29 is 5.21 Å². The Balaban J connectivity index is 2.08. The maximum Gasteiger partial charge on any atom is 0.0733 e. The van der Waals surface area contributed by atoms with Gasteiger partial charge in [0.2, 0.25) is 0 Å². The van der Waals surface area contributed by atoms with Gasteiger partial charge >= 0.3 is 0 Å². The van der Waals surface area contributed by atoms with Gasteiger partial charge in [0.1, 0.15) is 0 Å². The van der Waals surface area contributed by atoms with Crippen LogP contribution >= 0.6 is 0 Å². The first-order valence-corrected chi connectivity index (χ1v) is 5.42. The lowest BCUT2D eigenvalue weighted by Crippen LogP contribution is -2.29. The second kappa shape index (κ2) is 4.82. The van der Waals surface area contributed by atoms with Crippen LogP contribution in [0, 0.1) is 0 Å². The minimum atomic E-state index is 0.929. The number of oxime groups is 1. The number of benzene rings is 1. The summed E-state index contributed by atoms with van der Waals surface area (Å²) in [5, 5.41) is 11.4. The minimum absolute atomic E-state index is 0.929. The molecule has 0 saturated carbocycles. The number of hydrogen-bond donors (Lipinski definition) is 1. The Bertz CT molecular complexity index is 326. The van der Waals surface area contributed by atoms with Crippen LogP contribution in [-0.2, 0) is 0 Å². The Hall–Kier alpha value is -1.51. The zero-order chi connectivity index (χ0) is 10.5. The second-order valence-corrected chi connectivity index (χ2v) is 3.88. The van der Waals surface area contributed by atoms with E-state index in [4.69, 9.17) is 5.21 Å². The number of nitrogens with zero attached hydrogens (tertiary/aromatic N) is 2. The predicted octanol–water partition coefficient (Wildman–Crippen LogP) is 2.49. The molecule has 1 aromatic rings. The van der Waals surface area contributed by atoms with Crippen molar-refractivity contribution in [1.29, 1.82) is 0 Å². The Labute approximate surface area is 90.0 Å². The highest BCUT2D eigenvalue weighted by Gasteiger charge is 2.09. The van der Waals surface area contributed by atoms with Gasteiger partial charge in [-0.15, -0.1) is 0 Å². The van der Waals surface area contributed by atoms with Gasteiger partial charge in [0, 0.05) is 18.8 Å². The van der Waals surface area contributed by atoms with E-state index < -0.39 is 0 Å². The molecule has 1 aliphatic heterocycles. The molecule has 0 radical (unpaired) electrons. The molecule has 1 saturated heterocycles. The summed E-state index contributed by atoms with van der Waals surface area (Å²) in [5.41, 5.74) is 2.20. The lowest BCUT2D eigenvalue weighted by atomic mass is 10.1. The molecule has 80 valence electrons. The van der Waals surface area contributed by atoms with E-state index in [9.17, 15) is 0 Å². The third-order valence-electron chi connectivity index (χ3n) is 2.82. The van der Waals surface area contributed by atoms with Crippen molar-refractivity contribution in [3.8, 4) is 0 Å². The van der Waals surface area contributed by atoms with Gasteiger partial charge < -0.3 is 10.1 Å². The zero-order valence-electron chi connectivity index (χ0n) is 8.76. The average molecular weight is 204 g/mol. The van der Waals surface area contributed by atoms with Crippen molar-refractivity contribution in [3.05, 3.63) is 29.8 Å². The van der Waals surface area contributed by atoms with E-state index >= 15 is 0 Å². The van der Waals surface area contributed by atoms with Gasteiger partial charge in [-0.2, -0.15) is 0 Å². The van der Waals surface area contributed by atoms with Crippen LogP contribution in [0.2, 0.25) is 0 Å². The van der Waals surface area contributed by atoms with Crippen molar-refractivity contribution in [2.24, 2.45) is 5.16 Å². The summed E-state index contributed by atoms with van der Waals surface area (Å²) >= 11 is 0. The SMILES string of the molecule is O/N=C/c1ccc(N2CCCCC2)cc1. The van der Waals surface area contributed by atoms with Crippen LogP contribution in [-0.4, -0.2) is 24.5 Å². The monoisotopic (exact) mass is 204 g/mol. The molecule has 1 aliphatic rings. The van der Waals surface area contributed by atoms with E-state index in [-0.39, 0.29) is 0 Å². The Morgan fingerprint density at radius 3 is 2.33 bits per heavy atom. The number of piperidine rings is 1. The van der Waals surface area contributed by atoms with E-state index in [0.29, 0.717) is 0 Å². The predicted molar refractivity (Wildman–Crippen MR) is 61.9 cm³/mol. The Morgan fingerprint density at radius 2 is 1.73 bits per heavy atom. The molecule has 0 aromatic heterocycles. The highest BCUT2D eigenvalue weighted by Crippen LogP contribution is 2.19. The van der Waals surface area contributed by atoms with Crippen molar-refractivity contribution in [2.45, 2.75) is 19.3 Å². The molecule has 0 atom stereocenters. The maximum atomic E-state index is 8.40. The van der Waals surface area contributed by atoms with Crippen LogP contribution in [0.5, 0.6) is 0 Å². The fourth-order valence-electron chi connectivity index (χ4n) is 1.99. The second-order valence-electron chi connectivity index (χ2n) is 3.88. The number of rotatable bonds is 2. The number of anilines is 1. The average Bonchev–Trinajstić information content (AvgIpc) is 2.32. The molecule has 3 nitrogen and oxygen atoms in total. The molecule has 1 fully saturated rings. The quantitative estimate of drug-likeness (QED) is 0.456. The summed E-state index contributed by atoms with van der Waals surface area (Å²) in [6.07, 6.45) is 5.38. The van der Waals surface area contributed by atoms with E-state index in [1.807, 2.05) is 12.1 Å². The third kappa shape index (κ3) is 2.49. The van der Waals surface area contributed by atoms with Gasteiger partial charge in [-0.3, -0.25) is 0 Å². The fourth-order valence-corrected chi connectivity index (χ4v) is 1.99. The Kier molecular flexibility index (Phi) is 3.22. The molecule has 0 amide bonds. The molecule has 3 heteroatoms. The van der Waals surface area contributed by atoms with E-state index in [1.165, 1.54) is 31.2 Å². The Morgan fingerprint density at radius 1 is 1.07 bits per heavy atom. The standard InChI is InChI=1S/C12H16N2O/c15-13-10-11-4-6-12(7-5-11)14-8-2-1-3-9-14/h4-7,10,15H,1-3,8-9H2/b13-10+. The molecular formula is C12H16N2O. The van der Waals surface area contributed by atoms with E-state index in [2.05, 4.69) is 22.2 Å².